The van der Waals surface area contributed by atoms with Gasteiger partial charge < -0.3 is 30.7 Å². The Bertz CT molecular complexity index is 829. The third-order valence-electron chi connectivity index (χ3n) is 7.27. The summed E-state index contributed by atoms with van der Waals surface area (Å²) in [6.45, 7) is 7.50. The number of carbonyl (C=O) groups excluding carboxylic acids is 1. The Kier molecular flexibility index (Phi) is 11.3. The normalized spacial score (nSPS) is 33.2. The zero-order valence-electron chi connectivity index (χ0n) is 21.6. The summed E-state index contributed by atoms with van der Waals surface area (Å²) in [5, 5.41) is 45.2. The van der Waals surface area contributed by atoms with Crippen LogP contribution in [0, 0.1) is 5.92 Å². The van der Waals surface area contributed by atoms with Crippen LogP contribution in [0.15, 0.2) is 6.20 Å². The van der Waals surface area contributed by atoms with Gasteiger partial charge in [-0.05, 0) is 63.7 Å². The Labute approximate surface area is 222 Å². The Hall–Kier alpha value is -0.950. The second-order valence-electron chi connectivity index (χ2n) is 10.3. The van der Waals surface area contributed by atoms with E-state index in [-0.39, 0.29) is 11.9 Å². The van der Waals surface area contributed by atoms with Crippen LogP contribution in [-0.2, 0) is 16.1 Å². The molecular weight excluding hydrogens is 506 g/mol. The maximum atomic E-state index is 13.2. The molecule has 3 heterocycles. The van der Waals surface area contributed by atoms with E-state index in [0.29, 0.717) is 18.3 Å². The maximum absolute atomic E-state index is 13.2. The largest absolute Gasteiger partial charge is 0.388 e. The Morgan fingerprint density at radius 1 is 1.25 bits per heavy atom. The molecule has 2 saturated heterocycles. The number of thioether (sulfide) groups is 1. The topological polar surface area (TPSA) is 142 Å². The molecule has 0 aromatic carbocycles. The van der Waals surface area contributed by atoms with Crippen molar-refractivity contribution in [1.82, 2.24) is 25.6 Å². The molecule has 0 spiro atoms. The number of amides is 1. The number of nitrogens with one attached hydrogen (secondary N) is 2. The van der Waals surface area contributed by atoms with Crippen LogP contribution in [0.5, 0.6) is 0 Å². The van der Waals surface area contributed by atoms with Crippen LogP contribution < -0.4 is 10.6 Å². The van der Waals surface area contributed by atoms with E-state index in [9.17, 15) is 20.1 Å². The minimum atomic E-state index is -1.39. The highest BCUT2D eigenvalue weighted by molar-refractivity contribution is 7.99. The van der Waals surface area contributed by atoms with E-state index in [2.05, 4.69) is 34.8 Å². The van der Waals surface area contributed by atoms with Gasteiger partial charge in [0.2, 0.25) is 5.91 Å². The van der Waals surface area contributed by atoms with Crippen LogP contribution in [-0.4, -0.2) is 96.3 Å². The number of carbonyl (C=O) groups is 1. The van der Waals surface area contributed by atoms with Crippen LogP contribution in [0.3, 0.4) is 0 Å². The smallest absolute Gasteiger partial charge is 0.237 e. The minimum Gasteiger partial charge on any atom is -0.388 e. The highest BCUT2D eigenvalue weighted by Crippen LogP contribution is 2.30. The zero-order valence-corrected chi connectivity index (χ0v) is 23.2. The van der Waals surface area contributed by atoms with Crippen LogP contribution in [0.4, 0.5) is 0 Å². The fraction of sp³-hybridized carbons (Fsp3) is 0.875. The third kappa shape index (κ3) is 7.55. The molecule has 5 N–H and O–H groups in total. The Balaban J connectivity index is 1.51. The van der Waals surface area contributed by atoms with Crippen LogP contribution in [0.2, 0.25) is 0 Å². The minimum absolute atomic E-state index is 0.200. The molecule has 1 amide bonds. The Morgan fingerprint density at radius 3 is 2.64 bits per heavy atom. The molecule has 1 aromatic rings. The fourth-order valence-corrected chi connectivity index (χ4v) is 5.83. The average Bonchev–Trinajstić information content (AvgIpc) is 3.19. The summed E-state index contributed by atoms with van der Waals surface area (Å²) in [7, 11) is 0. The van der Waals surface area contributed by atoms with Crippen molar-refractivity contribution in [2.24, 2.45) is 5.92 Å². The molecule has 0 saturated carbocycles. The van der Waals surface area contributed by atoms with Gasteiger partial charge in [-0.15, -0.1) is 28.5 Å². The van der Waals surface area contributed by atoms with Gasteiger partial charge in [-0.2, -0.15) is 0 Å². The van der Waals surface area contributed by atoms with Crippen LogP contribution in [0.25, 0.3) is 0 Å². The number of hydrogen-bond donors (Lipinski definition) is 5. The summed E-state index contributed by atoms with van der Waals surface area (Å²) in [5.41, 5.74) is 0.280. The number of aromatic nitrogens is 3. The second kappa shape index (κ2) is 13.7. The average molecular weight is 548 g/mol. The third-order valence-corrected chi connectivity index (χ3v) is 8.39. The lowest BCUT2D eigenvalue weighted by molar-refractivity contribution is -0.205. The van der Waals surface area contributed by atoms with E-state index in [1.54, 1.807) is 13.2 Å². The van der Waals surface area contributed by atoms with Gasteiger partial charge in [0, 0.05) is 12.7 Å². The molecule has 2 fully saturated rings. The fourth-order valence-electron chi connectivity index (χ4n) is 4.94. The lowest BCUT2D eigenvalue weighted by Gasteiger charge is -2.44. The van der Waals surface area contributed by atoms with Gasteiger partial charge in [0.1, 0.15) is 29.9 Å². The van der Waals surface area contributed by atoms with Crippen molar-refractivity contribution in [3.8, 4) is 0 Å². The number of ether oxygens (including phenoxy) is 1. The lowest BCUT2D eigenvalue weighted by atomic mass is 9.92. The first-order valence-corrected chi connectivity index (χ1v) is 14.6. The lowest BCUT2D eigenvalue weighted by Crippen LogP contribution is -2.65. The van der Waals surface area contributed by atoms with Crippen molar-refractivity contribution >= 4 is 29.3 Å². The molecular formula is C24H42ClN5O5S. The molecule has 0 bridgehead atoms. The van der Waals surface area contributed by atoms with Gasteiger partial charge >= 0.3 is 0 Å². The van der Waals surface area contributed by atoms with E-state index in [4.69, 9.17) is 16.3 Å². The number of aryl methyl sites for hydroxylation is 1. The molecule has 10 nitrogen and oxygen atoms in total. The molecule has 2 aliphatic rings. The van der Waals surface area contributed by atoms with Crippen LogP contribution >= 0.6 is 23.4 Å². The van der Waals surface area contributed by atoms with Crippen molar-refractivity contribution in [3.63, 3.8) is 0 Å². The number of aliphatic hydroxyl groups excluding tert-OH is 3. The monoisotopic (exact) mass is 547 g/mol. The number of aliphatic hydroxyl groups is 3. The molecule has 9 unspecified atom stereocenters. The van der Waals surface area contributed by atoms with Crippen molar-refractivity contribution in [1.29, 1.82) is 0 Å². The molecule has 0 radical (unpaired) electrons. The molecule has 36 heavy (non-hydrogen) atoms. The van der Waals surface area contributed by atoms with E-state index >= 15 is 0 Å². The summed E-state index contributed by atoms with van der Waals surface area (Å²) in [5.74, 6) is 0.690. The highest BCUT2D eigenvalue weighted by atomic mass is 35.5. The first-order chi connectivity index (χ1) is 17.1. The van der Waals surface area contributed by atoms with E-state index < -0.39 is 41.3 Å². The van der Waals surface area contributed by atoms with Gasteiger partial charge in [0.05, 0.1) is 23.2 Å². The molecule has 2 aliphatic heterocycles. The zero-order chi connectivity index (χ0) is 26.4. The standard InChI is InChI=1S/C24H42ClN5O5S/c1-13(2)17-12-30(29-28-17)11-5-6-15-7-8-16(26-10-9-15)23(34)27-18(14(3)25)22-20(32)19(31)21(33)24(35-22)36-4/h12-16,18-22,24,26,31-33H,5-11H2,1-4H3,(H,27,34). The molecule has 206 valence electrons. The molecule has 9 atom stereocenters. The van der Waals surface area contributed by atoms with Crippen molar-refractivity contribution in [2.45, 2.75) is 113 Å². The number of hydrogen-bond acceptors (Lipinski definition) is 9. The number of halogens is 1. The molecule has 0 aliphatic carbocycles. The van der Waals surface area contributed by atoms with Gasteiger partial charge in [-0.3, -0.25) is 9.48 Å². The van der Waals surface area contributed by atoms with E-state index in [1.165, 1.54) is 11.8 Å². The van der Waals surface area contributed by atoms with Crippen molar-refractivity contribution < 1.29 is 24.9 Å². The van der Waals surface area contributed by atoms with Gasteiger partial charge in [-0.25, -0.2) is 0 Å². The number of rotatable bonds is 10. The predicted molar refractivity (Wildman–Crippen MR) is 140 cm³/mol. The quantitative estimate of drug-likeness (QED) is 0.273. The van der Waals surface area contributed by atoms with Gasteiger partial charge in [0.15, 0.2) is 0 Å². The summed E-state index contributed by atoms with van der Waals surface area (Å²) in [6, 6.07) is -1.10. The number of nitrogens with zero attached hydrogens (tertiary/aromatic N) is 3. The Morgan fingerprint density at radius 2 is 2.00 bits per heavy atom. The molecule has 1 aromatic heterocycles. The van der Waals surface area contributed by atoms with Crippen molar-refractivity contribution in [3.05, 3.63) is 11.9 Å². The molecule has 3 rings (SSSR count). The summed E-state index contributed by atoms with van der Waals surface area (Å²) >= 11 is 7.62. The number of alkyl halides is 1. The first-order valence-electron chi connectivity index (χ1n) is 12.9. The summed E-state index contributed by atoms with van der Waals surface area (Å²) in [6.07, 6.45) is 3.53. The van der Waals surface area contributed by atoms with Crippen molar-refractivity contribution in [2.75, 3.05) is 12.8 Å². The van der Waals surface area contributed by atoms with E-state index in [1.807, 2.05) is 10.9 Å². The highest BCUT2D eigenvalue weighted by Gasteiger charge is 2.48. The molecule has 12 heteroatoms. The van der Waals surface area contributed by atoms with Gasteiger partial charge in [0.25, 0.3) is 0 Å². The second-order valence-corrected chi connectivity index (χ2v) is 12.0. The SMILES string of the molecule is CSC1OC(C(NC(=O)C2CCC(CCCn3cc(C(C)C)nn3)CCN2)C(C)Cl)C(O)C(O)C1O. The predicted octanol–water partition coefficient (Wildman–Crippen LogP) is 1.22. The van der Waals surface area contributed by atoms with Gasteiger partial charge in [-0.1, -0.05) is 19.1 Å². The maximum Gasteiger partial charge on any atom is 0.237 e. The van der Waals surface area contributed by atoms with Crippen LogP contribution in [0.1, 0.15) is 64.5 Å². The summed E-state index contributed by atoms with van der Waals surface area (Å²) < 4.78 is 7.76. The van der Waals surface area contributed by atoms with E-state index in [0.717, 1.165) is 44.5 Å². The first kappa shape index (κ1) is 29.6. The summed E-state index contributed by atoms with van der Waals surface area (Å²) in [4.78, 5) is 13.2.